The van der Waals surface area contributed by atoms with Gasteiger partial charge in [-0.2, -0.15) is 0 Å². The van der Waals surface area contributed by atoms with Gasteiger partial charge in [-0.05, 0) is 48.2 Å². The molecular weight excluding hydrogens is 338 g/mol. The van der Waals surface area contributed by atoms with E-state index in [1.807, 2.05) is 49.3 Å². The first-order valence-corrected chi connectivity index (χ1v) is 9.38. The highest BCUT2D eigenvalue weighted by Gasteiger charge is 2.25. The largest absolute Gasteiger partial charge is 0.378 e. The Morgan fingerprint density at radius 3 is 2.48 bits per heavy atom. The Labute approximate surface area is 161 Å². The van der Waals surface area contributed by atoms with Crippen LogP contribution in [-0.4, -0.2) is 49.9 Å². The topological polar surface area (TPSA) is 52.7 Å². The van der Waals surface area contributed by atoms with E-state index in [9.17, 15) is 9.59 Å². The summed E-state index contributed by atoms with van der Waals surface area (Å²) in [6, 6.07) is 16.1. The summed E-state index contributed by atoms with van der Waals surface area (Å²) in [6.07, 6.45) is 1.82. The van der Waals surface area contributed by atoms with Gasteiger partial charge in [0.05, 0.1) is 0 Å². The molecule has 0 saturated carbocycles. The van der Waals surface area contributed by atoms with Crippen LogP contribution >= 0.6 is 0 Å². The summed E-state index contributed by atoms with van der Waals surface area (Å²) in [5.74, 6) is -0.0206. The summed E-state index contributed by atoms with van der Waals surface area (Å²) in [7, 11) is 4.03. The maximum atomic E-state index is 13.0. The van der Waals surface area contributed by atoms with E-state index in [-0.39, 0.29) is 17.9 Å². The van der Waals surface area contributed by atoms with Crippen LogP contribution < -0.4 is 10.2 Å². The maximum absolute atomic E-state index is 13.0. The highest BCUT2D eigenvalue weighted by Crippen LogP contribution is 2.25. The Kier molecular flexibility index (Phi) is 5.79. The minimum Gasteiger partial charge on any atom is -0.378 e. The van der Waals surface area contributed by atoms with Crippen molar-refractivity contribution in [1.29, 1.82) is 0 Å². The van der Waals surface area contributed by atoms with E-state index >= 15 is 0 Å². The second kappa shape index (κ2) is 8.25. The Bertz CT molecular complexity index is 832. The molecule has 1 saturated heterocycles. The molecule has 0 unspecified atom stereocenters. The number of carbonyl (C=O) groups excluding carboxylic acids is 2. The summed E-state index contributed by atoms with van der Waals surface area (Å²) in [5.41, 5.74) is 3.93. The third kappa shape index (κ3) is 4.67. The number of anilines is 1. The molecule has 1 aliphatic rings. The molecule has 0 aromatic heterocycles. The van der Waals surface area contributed by atoms with Crippen molar-refractivity contribution in [3.63, 3.8) is 0 Å². The van der Waals surface area contributed by atoms with Gasteiger partial charge in [0.2, 0.25) is 5.91 Å². The molecule has 0 aliphatic carbocycles. The molecule has 1 aliphatic heterocycles. The van der Waals surface area contributed by atoms with E-state index in [0.717, 1.165) is 36.2 Å². The Morgan fingerprint density at radius 1 is 1.07 bits per heavy atom. The number of carbonyl (C=O) groups is 2. The predicted octanol–water partition coefficient (Wildman–Crippen LogP) is 3.16. The van der Waals surface area contributed by atoms with Crippen LogP contribution in [0.4, 0.5) is 5.69 Å². The van der Waals surface area contributed by atoms with Crippen molar-refractivity contribution in [2.75, 3.05) is 32.1 Å². The molecule has 5 heteroatoms. The van der Waals surface area contributed by atoms with Crippen LogP contribution in [0.25, 0.3) is 11.1 Å². The van der Waals surface area contributed by atoms with Gasteiger partial charge in [-0.25, -0.2) is 0 Å². The fourth-order valence-corrected chi connectivity index (χ4v) is 3.54. The molecule has 0 bridgehead atoms. The molecule has 142 valence electrons. The van der Waals surface area contributed by atoms with Gasteiger partial charge in [0, 0.05) is 51.4 Å². The third-order valence-corrected chi connectivity index (χ3v) is 4.92. The van der Waals surface area contributed by atoms with Crippen molar-refractivity contribution in [2.45, 2.75) is 25.8 Å². The van der Waals surface area contributed by atoms with E-state index in [0.29, 0.717) is 12.1 Å². The fraction of sp³-hybridized carbons (Fsp3) is 0.364. The Morgan fingerprint density at radius 2 is 1.78 bits per heavy atom. The standard InChI is InChI=1S/C22H27N3O2/c1-16(26)23-20-10-6-12-25(15-20)22(27)19-9-4-7-17(13-19)18-8-5-11-21(14-18)24(2)3/h4-5,7-9,11,13-14,20H,6,10,12,15H2,1-3H3,(H,23,26)/t20-/m0/s1. The number of piperidine rings is 1. The van der Waals surface area contributed by atoms with Gasteiger partial charge in [0.25, 0.3) is 5.91 Å². The smallest absolute Gasteiger partial charge is 0.253 e. The zero-order valence-corrected chi connectivity index (χ0v) is 16.2. The van der Waals surface area contributed by atoms with E-state index in [1.165, 1.54) is 6.92 Å². The van der Waals surface area contributed by atoms with Crippen LogP contribution in [0.2, 0.25) is 0 Å². The number of rotatable bonds is 4. The number of benzene rings is 2. The van der Waals surface area contributed by atoms with Gasteiger partial charge < -0.3 is 15.1 Å². The molecule has 2 aromatic rings. The van der Waals surface area contributed by atoms with E-state index < -0.39 is 0 Å². The lowest BCUT2D eigenvalue weighted by molar-refractivity contribution is -0.120. The highest BCUT2D eigenvalue weighted by molar-refractivity contribution is 5.95. The van der Waals surface area contributed by atoms with Crippen molar-refractivity contribution >= 4 is 17.5 Å². The molecule has 1 fully saturated rings. The van der Waals surface area contributed by atoms with Crippen LogP contribution in [0.3, 0.4) is 0 Å². The number of hydrogen-bond acceptors (Lipinski definition) is 3. The van der Waals surface area contributed by atoms with Crippen molar-refractivity contribution in [3.05, 3.63) is 54.1 Å². The lowest BCUT2D eigenvalue weighted by Gasteiger charge is -2.33. The molecule has 2 aromatic carbocycles. The molecule has 1 atom stereocenters. The zero-order valence-electron chi connectivity index (χ0n) is 16.2. The summed E-state index contributed by atoms with van der Waals surface area (Å²) in [4.78, 5) is 28.2. The van der Waals surface area contributed by atoms with Crippen LogP contribution in [-0.2, 0) is 4.79 Å². The molecule has 1 N–H and O–H groups in total. The van der Waals surface area contributed by atoms with Crippen LogP contribution in [0.15, 0.2) is 48.5 Å². The SMILES string of the molecule is CC(=O)N[C@H]1CCCN(C(=O)c2cccc(-c3cccc(N(C)C)c3)c2)C1. The predicted molar refractivity (Wildman–Crippen MR) is 109 cm³/mol. The third-order valence-electron chi connectivity index (χ3n) is 4.92. The lowest BCUT2D eigenvalue weighted by atomic mass is 10.0. The second-order valence-corrected chi connectivity index (χ2v) is 7.32. The van der Waals surface area contributed by atoms with Crippen molar-refractivity contribution in [3.8, 4) is 11.1 Å². The summed E-state index contributed by atoms with van der Waals surface area (Å²) in [5, 5.41) is 2.93. The quantitative estimate of drug-likeness (QED) is 0.905. The lowest BCUT2D eigenvalue weighted by Crippen LogP contribution is -2.49. The van der Waals surface area contributed by atoms with Gasteiger partial charge in [0.15, 0.2) is 0 Å². The monoisotopic (exact) mass is 365 g/mol. The van der Waals surface area contributed by atoms with E-state index in [1.54, 1.807) is 0 Å². The maximum Gasteiger partial charge on any atom is 0.253 e. The van der Waals surface area contributed by atoms with Crippen LogP contribution in [0.1, 0.15) is 30.1 Å². The molecule has 5 nitrogen and oxygen atoms in total. The van der Waals surface area contributed by atoms with Crippen molar-refractivity contribution in [2.24, 2.45) is 0 Å². The van der Waals surface area contributed by atoms with Gasteiger partial charge in [0.1, 0.15) is 0 Å². The summed E-state index contributed by atoms with van der Waals surface area (Å²) >= 11 is 0. The van der Waals surface area contributed by atoms with E-state index in [4.69, 9.17) is 0 Å². The Hall–Kier alpha value is -2.82. The molecular formula is C22H27N3O2. The number of amides is 2. The van der Waals surface area contributed by atoms with Gasteiger partial charge in [-0.3, -0.25) is 9.59 Å². The minimum absolute atomic E-state index is 0.0238. The molecule has 1 heterocycles. The van der Waals surface area contributed by atoms with Crippen molar-refractivity contribution < 1.29 is 9.59 Å². The number of hydrogen-bond donors (Lipinski definition) is 1. The van der Waals surface area contributed by atoms with Gasteiger partial charge in [-0.15, -0.1) is 0 Å². The first-order valence-electron chi connectivity index (χ1n) is 9.38. The molecule has 2 amide bonds. The summed E-state index contributed by atoms with van der Waals surface area (Å²) < 4.78 is 0. The molecule has 0 radical (unpaired) electrons. The number of likely N-dealkylation sites (tertiary alicyclic amines) is 1. The molecule has 3 rings (SSSR count). The van der Waals surface area contributed by atoms with Crippen LogP contribution in [0.5, 0.6) is 0 Å². The second-order valence-electron chi connectivity index (χ2n) is 7.32. The number of nitrogens with zero attached hydrogens (tertiary/aromatic N) is 2. The first-order chi connectivity index (χ1) is 12.9. The Balaban J connectivity index is 1.80. The normalized spacial score (nSPS) is 16.7. The van der Waals surface area contributed by atoms with Gasteiger partial charge in [-0.1, -0.05) is 24.3 Å². The van der Waals surface area contributed by atoms with Crippen LogP contribution in [0, 0.1) is 0 Å². The van der Waals surface area contributed by atoms with Gasteiger partial charge >= 0.3 is 0 Å². The fourth-order valence-electron chi connectivity index (χ4n) is 3.54. The molecule has 27 heavy (non-hydrogen) atoms. The molecule has 0 spiro atoms. The number of nitrogens with one attached hydrogen (secondary N) is 1. The first kappa shape index (κ1) is 19.0. The highest BCUT2D eigenvalue weighted by atomic mass is 16.2. The average Bonchev–Trinajstić information content (AvgIpc) is 2.67. The average molecular weight is 365 g/mol. The summed E-state index contributed by atoms with van der Waals surface area (Å²) in [6.45, 7) is 2.82. The minimum atomic E-state index is -0.0444. The van der Waals surface area contributed by atoms with E-state index in [2.05, 4.69) is 28.4 Å². The zero-order chi connectivity index (χ0) is 19.4. The van der Waals surface area contributed by atoms with Crippen molar-refractivity contribution in [1.82, 2.24) is 10.2 Å².